The Hall–Kier alpha value is -2.68. The van der Waals surface area contributed by atoms with E-state index < -0.39 is 41.5 Å². The highest BCUT2D eigenvalue weighted by Gasteiger charge is 2.45. The first kappa shape index (κ1) is 23.6. The average Bonchev–Trinajstić information content (AvgIpc) is 2.60. The molecule has 0 aliphatic carbocycles. The first-order valence-corrected chi connectivity index (χ1v) is 9.68. The third kappa shape index (κ3) is 6.16. The molecule has 1 heterocycles. The topological polar surface area (TPSA) is 91.4 Å². The monoisotopic (exact) mass is 425 g/mol. The fourth-order valence-electron chi connectivity index (χ4n) is 2.89. The fourth-order valence-corrected chi connectivity index (χ4v) is 2.89. The van der Waals surface area contributed by atoms with Gasteiger partial charge in [-0.2, -0.15) is 0 Å². The van der Waals surface area contributed by atoms with Crippen molar-refractivity contribution in [3.8, 4) is 5.75 Å². The molecule has 1 aromatic carbocycles. The highest BCUT2D eigenvalue weighted by atomic mass is 19.1. The van der Waals surface area contributed by atoms with Crippen LogP contribution >= 0.6 is 0 Å². The van der Waals surface area contributed by atoms with Gasteiger partial charge in [0.2, 0.25) is 6.10 Å². The Morgan fingerprint density at radius 2 is 1.93 bits per heavy atom. The molecule has 0 bridgehead atoms. The van der Waals surface area contributed by atoms with Crippen molar-refractivity contribution in [1.29, 1.82) is 0 Å². The lowest BCUT2D eigenvalue weighted by molar-refractivity contribution is -0.188. The second-order valence-corrected chi connectivity index (χ2v) is 8.12. The van der Waals surface area contributed by atoms with E-state index in [2.05, 4.69) is 0 Å². The summed E-state index contributed by atoms with van der Waals surface area (Å²) in [6.07, 6.45) is -3.25. The van der Waals surface area contributed by atoms with E-state index in [9.17, 15) is 18.8 Å². The first-order chi connectivity index (χ1) is 13.9. The number of carbonyl (C=O) groups is 3. The molecule has 30 heavy (non-hydrogen) atoms. The Balaban J connectivity index is 2.38. The molecule has 1 amide bonds. The van der Waals surface area contributed by atoms with Crippen molar-refractivity contribution in [3.63, 3.8) is 0 Å². The number of esters is 2. The van der Waals surface area contributed by atoms with Gasteiger partial charge in [-0.3, -0.25) is 9.59 Å². The molecule has 1 aromatic rings. The Labute approximate surface area is 175 Å². The summed E-state index contributed by atoms with van der Waals surface area (Å²) in [6, 6.07) is 3.83. The van der Waals surface area contributed by atoms with Gasteiger partial charge in [0, 0.05) is 19.5 Å². The van der Waals surface area contributed by atoms with Crippen molar-refractivity contribution in [1.82, 2.24) is 0 Å². The zero-order valence-electron chi connectivity index (χ0n) is 18.1. The Morgan fingerprint density at radius 1 is 1.27 bits per heavy atom. The van der Waals surface area contributed by atoms with Gasteiger partial charge < -0.3 is 23.8 Å². The molecule has 0 N–H and O–H groups in total. The molecule has 0 unspecified atom stereocenters. The number of carbonyl (C=O) groups excluding carboxylic acids is 3. The van der Waals surface area contributed by atoms with Gasteiger partial charge in [-0.05, 0) is 46.8 Å². The van der Waals surface area contributed by atoms with Crippen molar-refractivity contribution >= 4 is 23.5 Å². The highest BCUT2D eigenvalue weighted by molar-refractivity contribution is 6.01. The largest absolute Gasteiger partial charge is 0.489 e. The SMILES string of the molecule is CC(=O)O[C@@H](C(=O)OC(C)(C)C)[C@H]1OCCN(c2cc(F)ccc2OC(C)C)C1=O. The van der Waals surface area contributed by atoms with Gasteiger partial charge >= 0.3 is 11.9 Å². The standard InChI is InChI=1S/C21H28FNO7/c1-12(2)28-16-8-7-14(22)11-15(16)23-9-10-27-17(19(23)25)18(29-13(3)24)20(26)30-21(4,5)6/h7-8,11-12,17-18H,9-10H2,1-6H3/t17-,18-/m1/s1. The number of nitrogens with zero attached hydrogens (tertiary/aromatic N) is 1. The van der Waals surface area contributed by atoms with Crippen LogP contribution in [0.5, 0.6) is 5.75 Å². The number of morpholine rings is 1. The molecule has 1 aliphatic heterocycles. The van der Waals surface area contributed by atoms with Crippen LogP contribution in [0, 0.1) is 5.82 Å². The van der Waals surface area contributed by atoms with Gasteiger partial charge in [-0.1, -0.05) is 0 Å². The number of anilines is 1. The van der Waals surface area contributed by atoms with Gasteiger partial charge in [0.05, 0.1) is 18.4 Å². The molecule has 2 rings (SSSR count). The van der Waals surface area contributed by atoms with Crippen LogP contribution in [0.4, 0.5) is 10.1 Å². The number of hydrogen-bond donors (Lipinski definition) is 0. The van der Waals surface area contributed by atoms with E-state index >= 15 is 0 Å². The quantitative estimate of drug-likeness (QED) is 0.647. The number of amides is 1. The second kappa shape index (κ2) is 9.42. The minimum absolute atomic E-state index is 0.0363. The number of ether oxygens (including phenoxy) is 4. The molecule has 166 valence electrons. The number of rotatable bonds is 6. The van der Waals surface area contributed by atoms with Crippen LogP contribution in [-0.4, -0.2) is 54.9 Å². The van der Waals surface area contributed by atoms with Gasteiger partial charge in [0.15, 0.2) is 6.10 Å². The van der Waals surface area contributed by atoms with Crippen molar-refractivity contribution in [2.75, 3.05) is 18.1 Å². The molecule has 0 saturated carbocycles. The summed E-state index contributed by atoms with van der Waals surface area (Å²) in [7, 11) is 0. The molecule has 1 saturated heterocycles. The minimum Gasteiger partial charge on any atom is -0.489 e. The van der Waals surface area contributed by atoms with Gasteiger partial charge in [-0.15, -0.1) is 0 Å². The summed E-state index contributed by atoms with van der Waals surface area (Å²) < 4.78 is 35.5. The lowest BCUT2D eigenvalue weighted by atomic mass is 10.1. The Bertz CT molecular complexity index is 803. The van der Waals surface area contributed by atoms with Crippen LogP contribution < -0.4 is 9.64 Å². The van der Waals surface area contributed by atoms with Crippen molar-refractivity contribution < 1.29 is 37.7 Å². The molecule has 1 aliphatic rings. The predicted molar refractivity (Wildman–Crippen MR) is 106 cm³/mol. The van der Waals surface area contributed by atoms with E-state index in [1.807, 2.05) is 0 Å². The molecular formula is C21H28FNO7. The van der Waals surface area contributed by atoms with Crippen molar-refractivity contribution in [3.05, 3.63) is 24.0 Å². The van der Waals surface area contributed by atoms with Crippen LogP contribution in [0.15, 0.2) is 18.2 Å². The number of halogens is 1. The van der Waals surface area contributed by atoms with Gasteiger partial charge in [-0.25, -0.2) is 9.18 Å². The summed E-state index contributed by atoms with van der Waals surface area (Å²) in [6.45, 7) is 9.80. The smallest absolute Gasteiger partial charge is 0.351 e. The third-order valence-electron chi connectivity index (χ3n) is 3.90. The molecule has 0 radical (unpaired) electrons. The van der Waals surface area contributed by atoms with Crippen molar-refractivity contribution in [2.24, 2.45) is 0 Å². The molecule has 0 spiro atoms. The molecular weight excluding hydrogens is 397 g/mol. The number of hydrogen-bond acceptors (Lipinski definition) is 7. The zero-order valence-corrected chi connectivity index (χ0v) is 18.1. The van der Waals surface area contributed by atoms with Crippen molar-refractivity contribution in [2.45, 2.75) is 65.5 Å². The molecule has 2 atom stereocenters. The fraction of sp³-hybridized carbons (Fsp3) is 0.571. The molecule has 8 nitrogen and oxygen atoms in total. The highest BCUT2D eigenvalue weighted by Crippen LogP contribution is 2.32. The lowest BCUT2D eigenvalue weighted by Crippen LogP contribution is -2.56. The van der Waals surface area contributed by atoms with E-state index in [0.717, 1.165) is 6.92 Å². The van der Waals surface area contributed by atoms with E-state index in [1.54, 1.807) is 34.6 Å². The molecule has 9 heteroatoms. The lowest BCUT2D eigenvalue weighted by Gasteiger charge is -2.36. The average molecular weight is 425 g/mol. The van der Waals surface area contributed by atoms with E-state index in [-0.39, 0.29) is 24.9 Å². The summed E-state index contributed by atoms with van der Waals surface area (Å²) in [4.78, 5) is 38.6. The molecule has 0 aromatic heterocycles. The summed E-state index contributed by atoms with van der Waals surface area (Å²) >= 11 is 0. The van der Waals surface area contributed by atoms with E-state index in [0.29, 0.717) is 5.75 Å². The Morgan fingerprint density at radius 3 is 2.50 bits per heavy atom. The van der Waals surface area contributed by atoms with Crippen LogP contribution in [0.1, 0.15) is 41.5 Å². The predicted octanol–water partition coefficient (Wildman–Crippen LogP) is 2.62. The number of benzene rings is 1. The minimum atomic E-state index is -1.60. The van der Waals surface area contributed by atoms with Crippen LogP contribution in [0.25, 0.3) is 0 Å². The van der Waals surface area contributed by atoms with Crippen LogP contribution in [0.2, 0.25) is 0 Å². The summed E-state index contributed by atoms with van der Waals surface area (Å²) in [5, 5.41) is 0. The van der Waals surface area contributed by atoms with E-state index in [1.165, 1.54) is 23.1 Å². The van der Waals surface area contributed by atoms with Gasteiger partial charge in [0.25, 0.3) is 5.91 Å². The first-order valence-electron chi connectivity index (χ1n) is 9.68. The van der Waals surface area contributed by atoms with E-state index in [4.69, 9.17) is 18.9 Å². The molecule has 1 fully saturated rings. The third-order valence-corrected chi connectivity index (χ3v) is 3.90. The maximum atomic E-state index is 13.9. The zero-order chi connectivity index (χ0) is 22.6. The second-order valence-electron chi connectivity index (χ2n) is 8.12. The normalized spacial score (nSPS) is 18.2. The maximum absolute atomic E-state index is 13.9. The Kier molecular flexibility index (Phi) is 7.41. The maximum Gasteiger partial charge on any atom is 0.351 e. The summed E-state index contributed by atoms with van der Waals surface area (Å²) in [5.74, 6) is -2.59. The van der Waals surface area contributed by atoms with Crippen LogP contribution in [-0.2, 0) is 28.6 Å². The van der Waals surface area contributed by atoms with Crippen LogP contribution in [0.3, 0.4) is 0 Å². The van der Waals surface area contributed by atoms with Gasteiger partial charge in [0.1, 0.15) is 17.2 Å². The summed E-state index contributed by atoms with van der Waals surface area (Å²) in [5.41, 5.74) is -0.666.